The van der Waals surface area contributed by atoms with Gasteiger partial charge in [-0.3, -0.25) is 9.79 Å². The molecule has 1 amide bonds. The number of hydrogen-bond donors (Lipinski definition) is 1. The monoisotopic (exact) mass is 472 g/mol. The molecule has 1 N–H and O–H groups in total. The summed E-state index contributed by atoms with van der Waals surface area (Å²) in [6, 6.07) is 8.35. The van der Waals surface area contributed by atoms with Gasteiger partial charge in [-0.2, -0.15) is 0 Å². The van der Waals surface area contributed by atoms with E-state index in [0.29, 0.717) is 18.4 Å². The summed E-state index contributed by atoms with van der Waals surface area (Å²) in [6.45, 7) is 11.7. The number of allylic oxidation sites excluding steroid dienone is 5. The van der Waals surface area contributed by atoms with Gasteiger partial charge in [0.1, 0.15) is 0 Å². The molecule has 1 aliphatic carbocycles. The van der Waals surface area contributed by atoms with Crippen molar-refractivity contribution in [2.45, 2.75) is 59.9 Å². The fraction of sp³-hybridized carbons (Fsp3) is 0.467. The maximum Gasteiger partial charge on any atom is 0.229 e. The zero-order valence-corrected chi connectivity index (χ0v) is 21.8. The first-order chi connectivity index (χ1) is 17.1. The number of hydrogen-bond acceptors (Lipinski definition) is 3. The molecule has 1 unspecified atom stereocenters. The Kier molecular flexibility index (Phi) is 7.94. The number of fused-ring (bicyclic) bond motifs is 1. The number of amides is 1. The van der Waals surface area contributed by atoms with E-state index in [9.17, 15) is 4.79 Å². The molecule has 35 heavy (non-hydrogen) atoms. The highest BCUT2D eigenvalue weighted by atomic mass is 16.2. The maximum absolute atomic E-state index is 13.7. The molecule has 2 aromatic rings. The van der Waals surface area contributed by atoms with Crippen molar-refractivity contribution in [3.05, 3.63) is 72.2 Å². The summed E-state index contributed by atoms with van der Waals surface area (Å²) in [5, 5.41) is 1.22. The molecule has 1 aromatic carbocycles. The number of carbonyl (C=O) groups is 1. The fourth-order valence-electron chi connectivity index (χ4n) is 5.57. The first-order valence-electron chi connectivity index (χ1n) is 13.2. The Balaban J connectivity index is 0.00000141. The molecular formula is C30H40N4O. The van der Waals surface area contributed by atoms with Crippen LogP contribution < -0.4 is 0 Å². The van der Waals surface area contributed by atoms with Crippen LogP contribution in [0.4, 0.5) is 0 Å². The summed E-state index contributed by atoms with van der Waals surface area (Å²) in [6.07, 6.45) is 16.4. The lowest BCUT2D eigenvalue weighted by Gasteiger charge is -2.47. The van der Waals surface area contributed by atoms with E-state index in [4.69, 9.17) is 4.99 Å². The Morgan fingerprint density at radius 1 is 1.14 bits per heavy atom. The van der Waals surface area contributed by atoms with Gasteiger partial charge >= 0.3 is 0 Å². The van der Waals surface area contributed by atoms with E-state index in [0.717, 1.165) is 56.5 Å². The van der Waals surface area contributed by atoms with Crippen LogP contribution in [0, 0.1) is 11.3 Å². The van der Waals surface area contributed by atoms with Gasteiger partial charge < -0.3 is 14.8 Å². The molecule has 2 aliphatic heterocycles. The van der Waals surface area contributed by atoms with Crippen molar-refractivity contribution in [2.24, 2.45) is 16.3 Å². The molecular weight excluding hydrogens is 432 g/mol. The lowest BCUT2D eigenvalue weighted by Crippen LogP contribution is -2.53. The van der Waals surface area contributed by atoms with E-state index in [2.05, 4.69) is 71.3 Å². The van der Waals surface area contributed by atoms with E-state index >= 15 is 0 Å². The quantitative estimate of drug-likeness (QED) is 0.555. The minimum atomic E-state index is -0.196. The number of likely N-dealkylation sites (tertiary alicyclic amines) is 2. The number of carbonyl (C=O) groups excluding carboxylic acids is 1. The van der Waals surface area contributed by atoms with Gasteiger partial charge in [0.25, 0.3) is 0 Å². The Morgan fingerprint density at radius 3 is 2.69 bits per heavy atom. The molecule has 3 heterocycles. The molecule has 5 nitrogen and oxygen atoms in total. The summed E-state index contributed by atoms with van der Waals surface area (Å²) in [4.78, 5) is 26.2. The van der Waals surface area contributed by atoms with Gasteiger partial charge in [-0.1, -0.05) is 57.2 Å². The first-order valence-corrected chi connectivity index (χ1v) is 13.2. The predicted molar refractivity (Wildman–Crippen MR) is 146 cm³/mol. The molecule has 186 valence electrons. The largest absolute Gasteiger partial charge is 0.374 e. The number of benzene rings is 1. The molecule has 0 bridgehead atoms. The zero-order valence-electron chi connectivity index (χ0n) is 21.8. The van der Waals surface area contributed by atoms with Crippen LogP contribution in [0.25, 0.3) is 10.9 Å². The van der Waals surface area contributed by atoms with E-state index in [1.54, 1.807) is 0 Å². The summed E-state index contributed by atoms with van der Waals surface area (Å²) >= 11 is 0. The summed E-state index contributed by atoms with van der Waals surface area (Å²) in [7, 11) is 0. The number of para-hydroxylation sites is 1. The van der Waals surface area contributed by atoms with Gasteiger partial charge in [-0.05, 0) is 50.3 Å². The van der Waals surface area contributed by atoms with Crippen molar-refractivity contribution in [2.75, 3.05) is 19.6 Å². The maximum atomic E-state index is 13.7. The molecule has 0 saturated carbocycles. The topological polar surface area (TPSA) is 51.7 Å². The third kappa shape index (κ3) is 5.29. The van der Waals surface area contributed by atoms with Crippen LogP contribution in [0.3, 0.4) is 0 Å². The van der Waals surface area contributed by atoms with Gasteiger partial charge in [0, 0.05) is 66.8 Å². The van der Waals surface area contributed by atoms with Gasteiger partial charge in [0.2, 0.25) is 5.91 Å². The van der Waals surface area contributed by atoms with Crippen molar-refractivity contribution in [3.63, 3.8) is 0 Å². The molecule has 2 fully saturated rings. The van der Waals surface area contributed by atoms with Crippen molar-refractivity contribution < 1.29 is 4.79 Å². The lowest BCUT2D eigenvalue weighted by molar-refractivity contribution is -0.150. The Bertz CT molecular complexity index is 1140. The van der Waals surface area contributed by atoms with Crippen LogP contribution in [-0.2, 0) is 11.3 Å². The number of aliphatic imine (C=N–C) groups is 1. The van der Waals surface area contributed by atoms with Crippen LogP contribution in [0.15, 0.2) is 71.7 Å². The number of piperidine rings is 2. The highest BCUT2D eigenvalue weighted by Gasteiger charge is 2.45. The smallest absolute Gasteiger partial charge is 0.229 e. The van der Waals surface area contributed by atoms with Crippen LogP contribution in [0.1, 0.15) is 58.9 Å². The summed E-state index contributed by atoms with van der Waals surface area (Å²) in [5.74, 6) is 0.708. The first kappa shape index (κ1) is 25.0. The molecule has 3 aliphatic rings. The molecule has 2 saturated heterocycles. The van der Waals surface area contributed by atoms with Gasteiger partial charge in [-0.15, -0.1) is 0 Å². The van der Waals surface area contributed by atoms with Crippen molar-refractivity contribution in [1.29, 1.82) is 0 Å². The Labute approximate surface area is 210 Å². The average molecular weight is 473 g/mol. The lowest BCUT2D eigenvalue weighted by atomic mass is 9.71. The number of H-pyrrole nitrogens is 1. The second-order valence-corrected chi connectivity index (χ2v) is 9.81. The molecule has 1 aromatic heterocycles. The van der Waals surface area contributed by atoms with E-state index < -0.39 is 0 Å². The highest BCUT2D eigenvalue weighted by Crippen LogP contribution is 2.42. The minimum Gasteiger partial charge on any atom is -0.374 e. The van der Waals surface area contributed by atoms with Crippen LogP contribution in [-0.4, -0.2) is 46.0 Å². The number of nitrogens with zero attached hydrogens (tertiary/aromatic N) is 3. The minimum absolute atomic E-state index is 0.196. The van der Waals surface area contributed by atoms with Gasteiger partial charge in [0.05, 0.1) is 5.41 Å². The zero-order chi connectivity index (χ0) is 24.8. The standard InChI is InChI=1S/C28H34N4O.C2H6/c1-21-8-3-5-10-25(21)29-18-22(2)31-16-13-28(14-17-31)12-7-15-32(27(28)33)20-23-19-30-26-11-6-4-9-24(23)26;1-2/h3-6,8-11,18-19,21,30H,7,12-17,20H2,1-2H3;1-2H3/b22-18+,29-25?;. The van der Waals surface area contributed by atoms with Crippen molar-refractivity contribution >= 4 is 22.5 Å². The Morgan fingerprint density at radius 2 is 1.91 bits per heavy atom. The number of nitrogens with one attached hydrogen (secondary N) is 1. The van der Waals surface area contributed by atoms with Crippen molar-refractivity contribution in [1.82, 2.24) is 14.8 Å². The highest BCUT2D eigenvalue weighted by molar-refractivity contribution is 5.99. The van der Waals surface area contributed by atoms with Crippen LogP contribution >= 0.6 is 0 Å². The molecule has 0 radical (unpaired) electrons. The second kappa shape index (κ2) is 11.1. The third-order valence-corrected chi connectivity index (χ3v) is 7.72. The van der Waals surface area contributed by atoms with Crippen molar-refractivity contribution in [3.8, 4) is 0 Å². The van der Waals surface area contributed by atoms with Crippen LogP contribution in [0.2, 0.25) is 0 Å². The molecule has 1 spiro atoms. The van der Waals surface area contributed by atoms with Gasteiger partial charge in [-0.25, -0.2) is 0 Å². The summed E-state index contributed by atoms with van der Waals surface area (Å²) < 4.78 is 0. The van der Waals surface area contributed by atoms with E-state index in [1.165, 1.54) is 16.6 Å². The van der Waals surface area contributed by atoms with E-state index in [1.807, 2.05) is 32.2 Å². The van der Waals surface area contributed by atoms with E-state index in [-0.39, 0.29) is 5.41 Å². The number of aromatic nitrogens is 1. The van der Waals surface area contributed by atoms with Crippen LogP contribution in [0.5, 0.6) is 0 Å². The molecule has 5 rings (SSSR count). The number of aromatic amines is 1. The normalized spacial score (nSPS) is 23.2. The predicted octanol–water partition coefficient (Wildman–Crippen LogP) is 6.46. The summed E-state index contributed by atoms with van der Waals surface area (Å²) in [5.41, 5.74) is 4.44. The fourth-order valence-corrected chi connectivity index (χ4v) is 5.57. The SMILES string of the molecule is C/C(=C\N=C1C=CC=CC1C)N1CCC2(CCCN(Cc3c[nH]c4ccccc34)C2=O)CC1.CC. The second-order valence-electron chi connectivity index (χ2n) is 9.81. The average Bonchev–Trinajstić information content (AvgIpc) is 3.31. The molecule has 5 heteroatoms. The number of rotatable bonds is 4. The third-order valence-electron chi connectivity index (χ3n) is 7.72. The molecule has 1 atom stereocenters. The van der Waals surface area contributed by atoms with Gasteiger partial charge in [0.15, 0.2) is 0 Å². The Hall–Kier alpha value is -3.08.